The van der Waals surface area contributed by atoms with Crippen molar-refractivity contribution < 1.29 is 9.53 Å². The van der Waals surface area contributed by atoms with Crippen LogP contribution in [0.15, 0.2) is 0 Å². The highest BCUT2D eigenvalue weighted by Gasteiger charge is 2.23. The van der Waals surface area contributed by atoms with Gasteiger partial charge in [-0.15, -0.1) is 0 Å². The Morgan fingerprint density at radius 2 is 2.00 bits per heavy atom. The molecule has 0 bridgehead atoms. The molecule has 1 aliphatic heterocycles. The van der Waals surface area contributed by atoms with E-state index in [0.29, 0.717) is 12.1 Å². The van der Waals surface area contributed by atoms with E-state index in [9.17, 15) is 4.79 Å². The van der Waals surface area contributed by atoms with Gasteiger partial charge < -0.3 is 15.4 Å². The molecule has 1 saturated heterocycles. The zero-order valence-electron chi connectivity index (χ0n) is 14.5. The van der Waals surface area contributed by atoms with E-state index in [0.717, 1.165) is 19.5 Å². The molecule has 0 aromatic rings. The van der Waals surface area contributed by atoms with Crippen LogP contribution in [0.1, 0.15) is 54.4 Å². The van der Waals surface area contributed by atoms with Gasteiger partial charge in [0, 0.05) is 24.7 Å². The summed E-state index contributed by atoms with van der Waals surface area (Å²) in [5, 5.41) is 6.46. The average molecular weight is 299 g/mol. The van der Waals surface area contributed by atoms with Crippen LogP contribution in [0, 0.1) is 0 Å². The summed E-state index contributed by atoms with van der Waals surface area (Å²) in [4.78, 5) is 14.1. The SMILES string of the molecule is CC(CCNC1CCN(C(C)C)C1)NC(=O)OC(C)(C)C. The number of carbonyl (C=O) groups is 1. The van der Waals surface area contributed by atoms with Crippen LogP contribution in [0.5, 0.6) is 0 Å². The zero-order chi connectivity index (χ0) is 16.0. The van der Waals surface area contributed by atoms with E-state index in [2.05, 4.69) is 29.4 Å². The molecular weight excluding hydrogens is 266 g/mol. The number of hydrogen-bond donors (Lipinski definition) is 2. The first kappa shape index (κ1) is 18.2. The van der Waals surface area contributed by atoms with E-state index in [4.69, 9.17) is 4.74 Å². The minimum absolute atomic E-state index is 0.120. The lowest BCUT2D eigenvalue weighted by Crippen LogP contribution is -2.40. The van der Waals surface area contributed by atoms with E-state index < -0.39 is 5.60 Å². The van der Waals surface area contributed by atoms with Gasteiger partial charge in [0.15, 0.2) is 0 Å². The molecule has 5 heteroatoms. The van der Waals surface area contributed by atoms with Gasteiger partial charge in [0.05, 0.1) is 0 Å². The molecule has 0 spiro atoms. The van der Waals surface area contributed by atoms with Crippen molar-refractivity contribution in [1.82, 2.24) is 15.5 Å². The molecule has 0 aromatic carbocycles. The molecule has 1 rings (SSSR count). The predicted octanol–water partition coefficient (Wildman–Crippen LogP) is 2.36. The number of rotatable bonds is 6. The van der Waals surface area contributed by atoms with Crippen LogP contribution >= 0.6 is 0 Å². The van der Waals surface area contributed by atoms with E-state index in [1.54, 1.807) is 0 Å². The average Bonchev–Trinajstić information content (AvgIpc) is 2.74. The molecule has 2 unspecified atom stereocenters. The van der Waals surface area contributed by atoms with Crippen molar-refractivity contribution in [2.45, 2.75) is 78.1 Å². The van der Waals surface area contributed by atoms with Crippen molar-refractivity contribution in [2.24, 2.45) is 0 Å². The van der Waals surface area contributed by atoms with Gasteiger partial charge in [0.25, 0.3) is 0 Å². The third-order valence-electron chi connectivity index (χ3n) is 3.72. The number of alkyl carbamates (subject to hydrolysis) is 1. The smallest absolute Gasteiger partial charge is 0.407 e. The third kappa shape index (κ3) is 7.67. The quantitative estimate of drug-likeness (QED) is 0.790. The van der Waals surface area contributed by atoms with Gasteiger partial charge in [0.1, 0.15) is 5.60 Å². The highest BCUT2D eigenvalue weighted by molar-refractivity contribution is 5.67. The van der Waals surface area contributed by atoms with Gasteiger partial charge in [0.2, 0.25) is 0 Å². The molecule has 1 heterocycles. The summed E-state index contributed by atoms with van der Waals surface area (Å²) in [7, 11) is 0. The molecule has 0 saturated carbocycles. The highest BCUT2D eigenvalue weighted by Crippen LogP contribution is 2.12. The molecular formula is C16H33N3O2. The van der Waals surface area contributed by atoms with Crippen LogP contribution in [0.3, 0.4) is 0 Å². The molecule has 1 amide bonds. The van der Waals surface area contributed by atoms with Crippen molar-refractivity contribution in [2.75, 3.05) is 19.6 Å². The van der Waals surface area contributed by atoms with Gasteiger partial charge >= 0.3 is 6.09 Å². The van der Waals surface area contributed by atoms with E-state index in [1.165, 1.54) is 13.0 Å². The van der Waals surface area contributed by atoms with Crippen LogP contribution in [0.2, 0.25) is 0 Å². The topological polar surface area (TPSA) is 53.6 Å². The van der Waals surface area contributed by atoms with Gasteiger partial charge in [-0.1, -0.05) is 0 Å². The lowest BCUT2D eigenvalue weighted by molar-refractivity contribution is 0.0506. The Bertz CT molecular complexity index is 326. The van der Waals surface area contributed by atoms with Crippen molar-refractivity contribution >= 4 is 6.09 Å². The molecule has 2 atom stereocenters. The molecule has 0 aromatic heterocycles. The normalized spacial score (nSPS) is 21.6. The van der Waals surface area contributed by atoms with Crippen LogP contribution in [-0.4, -0.2) is 54.4 Å². The second kappa shape index (κ2) is 7.99. The number of carbonyl (C=O) groups excluding carboxylic acids is 1. The van der Waals surface area contributed by atoms with Crippen LogP contribution in [0.25, 0.3) is 0 Å². The second-order valence-corrected chi connectivity index (χ2v) is 7.36. The maximum atomic E-state index is 11.6. The molecule has 1 fully saturated rings. The monoisotopic (exact) mass is 299 g/mol. The molecule has 1 aliphatic rings. The van der Waals surface area contributed by atoms with Crippen molar-refractivity contribution in [3.63, 3.8) is 0 Å². The highest BCUT2D eigenvalue weighted by atomic mass is 16.6. The number of nitrogens with zero attached hydrogens (tertiary/aromatic N) is 1. The number of amides is 1. The zero-order valence-corrected chi connectivity index (χ0v) is 14.5. The van der Waals surface area contributed by atoms with E-state index in [1.807, 2.05) is 27.7 Å². The van der Waals surface area contributed by atoms with Crippen LogP contribution in [-0.2, 0) is 4.74 Å². The van der Waals surface area contributed by atoms with Crippen LogP contribution < -0.4 is 10.6 Å². The van der Waals surface area contributed by atoms with Crippen LogP contribution in [0.4, 0.5) is 4.79 Å². The summed E-state index contributed by atoms with van der Waals surface area (Å²) in [6.45, 7) is 15.4. The molecule has 0 aliphatic carbocycles. The Balaban J connectivity index is 2.14. The first-order valence-corrected chi connectivity index (χ1v) is 8.14. The molecule has 2 N–H and O–H groups in total. The Kier molecular flexibility index (Phi) is 6.94. The minimum Gasteiger partial charge on any atom is -0.444 e. The number of hydrogen-bond acceptors (Lipinski definition) is 4. The standard InChI is InChI=1S/C16H33N3O2/c1-12(2)19-10-8-14(11-19)17-9-7-13(3)18-15(20)21-16(4,5)6/h12-14,17H,7-11H2,1-6H3,(H,18,20). The summed E-state index contributed by atoms with van der Waals surface area (Å²) < 4.78 is 5.25. The molecule has 5 nitrogen and oxygen atoms in total. The summed E-state index contributed by atoms with van der Waals surface area (Å²) in [6.07, 6.45) is 1.80. The van der Waals surface area contributed by atoms with E-state index in [-0.39, 0.29) is 12.1 Å². The Morgan fingerprint density at radius 3 is 2.52 bits per heavy atom. The largest absolute Gasteiger partial charge is 0.444 e. The maximum absolute atomic E-state index is 11.6. The van der Waals surface area contributed by atoms with Crippen molar-refractivity contribution in [3.05, 3.63) is 0 Å². The third-order valence-corrected chi connectivity index (χ3v) is 3.72. The summed E-state index contributed by atoms with van der Waals surface area (Å²) in [5.74, 6) is 0. The lowest BCUT2D eigenvalue weighted by Gasteiger charge is -2.23. The lowest BCUT2D eigenvalue weighted by atomic mass is 10.2. The fourth-order valence-electron chi connectivity index (χ4n) is 2.51. The number of nitrogens with one attached hydrogen (secondary N) is 2. The first-order chi connectivity index (χ1) is 9.67. The predicted molar refractivity (Wildman–Crippen MR) is 86.6 cm³/mol. The number of likely N-dealkylation sites (tertiary alicyclic amines) is 1. The van der Waals surface area contributed by atoms with Gasteiger partial charge in [-0.3, -0.25) is 4.90 Å². The Hall–Kier alpha value is -0.810. The molecule has 124 valence electrons. The first-order valence-electron chi connectivity index (χ1n) is 8.14. The minimum atomic E-state index is -0.438. The fourth-order valence-corrected chi connectivity index (χ4v) is 2.51. The fraction of sp³-hybridized carbons (Fsp3) is 0.938. The molecule has 21 heavy (non-hydrogen) atoms. The summed E-state index contributed by atoms with van der Waals surface area (Å²) in [6, 6.07) is 1.33. The van der Waals surface area contributed by atoms with Gasteiger partial charge in [-0.25, -0.2) is 4.79 Å². The Morgan fingerprint density at radius 1 is 1.33 bits per heavy atom. The molecule has 0 radical (unpaired) electrons. The second-order valence-electron chi connectivity index (χ2n) is 7.36. The van der Waals surface area contributed by atoms with Crippen molar-refractivity contribution in [1.29, 1.82) is 0 Å². The maximum Gasteiger partial charge on any atom is 0.407 e. The summed E-state index contributed by atoms with van der Waals surface area (Å²) in [5.41, 5.74) is -0.438. The summed E-state index contributed by atoms with van der Waals surface area (Å²) >= 11 is 0. The van der Waals surface area contributed by atoms with Gasteiger partial charge in [-0.05, 0) is 67.5 Å². The van der Waals surface area contributed by atoms with E-state index >= 15 is 0 Å². The Labute approximate surface area is 129 Å². The number of ether oxygens (including phenoxy) is 1. The van der Waals surface area contributed by atoms with Gasteiger partial charge in [-0.2, -0.15) is 0 Å². The van der Waals surface area contributed by atoms with Crippen molar-refractivity contribution in [3.8, 4) is 0 Å².